The summed E-state index contributed by atoms with van der Waals surface area (Å²) in [6.07, 6.45) is 3.05. The van der Waals surface area contributed by atoms with Crippen molar-refractivity contribution in [2.45, 2.75) is 26.2 Å². The van der Waals surface area contributed by atoms with Crippen LogP contribution in [0.1, 0.15) is 36.5 Å². The molecule has 1 aromatic carbocycles. The SMILES string of the molecule is CCCCOCCCNC(=O)c1ccc2nc(N)sc2c1. The molecule has 0 fully saturated rings. The highest BCUT2D eigenvalue weighted by Crippen LogP contribution is 2.24. The largest absolute Gasteiger partial charge is 0.381 e. The summed E-state index contributed by atoms with van der Waals surface area (Å²) in [5.74, 6) is -0.0718. The Labute approximate surface area is 128 Å². The molecule has 0 aliphatic heterocycles. The van der Waals surface area contributed by atoms with Crippen LogP contribution in [0.25, 0.3) is 10.2 Å². The fraction of sp³-hybridized carbons (Fsp3) is 0.467. The molecule has 1 amide bonds. The van der Waals surface area contributed by atoms with E-state index < -0.39 is 0 Å². The van der Waals surface area contributed by atoms with Crippen LogP contribution in [-0.4, -0.2) is 30.6 Å². The van der Waals surface area contributed by atoms with E-state index in [4.69, 9.17) is 10.5 Å². The van der Waals surface area contributed by atoms with Crippen LogP contribution in [0.5, 0.6) is 0 Å². The normalized spacial score (nSPS) is 10.9. The molecule has 0 radical (unpaired) electrons. The molecule has 1 heterocycles. The van der Waals surface area contributed by atoms with Crippen LogP contribution in [0, 0.1) is 0 Å². The van der Waals surface area contributed by atoms with Crippen LogP contribution < -0.4 is 11.1 Å². The first-order chi connectivity index (χ1) is 10.2. The Hall–Kier alpha value is -1.66. The average Bonchev–Trinajstić information content (AvgIpc) is 2.85. The maximum Gasteiger partial charge on any atom is 0.251 e. The molecular formula is C15H21N3O2S. The van der Waals surface area contributed by atoms with E-state index in [1.54, 1.807) is 6.07 Å². The zero-order valence-electron chi connectivity index (χ0n) is 12.2. The van der Waals surface area contributed by atoms with Gasteiger partial charge in [0.15, 0.2) is 5.13 Å². The van der Waals surface area contributed by atoms with Gasteiger partial charge in [0.05, 0.1) is 10.2 Å². The summed E-state index contributed by atoms with van der Waals surface area (Å²) in [5, 5.41) is 3.42. The third kappa shape index (κ3) is 4.68. The van der Waals surface area contributed by atoms with E-state index >= 15 is 0 Å². The lowest BCUT2D eigenvalue weighted by Gasteiger charge is -2.06. The maximum absolute atomic E-state index is 12.0. The average molecular weight is 307 g/mol. The van der Waals surface area contributed by atoms with Crippen LogP contribution in [0.3, 0.4) is 0 Å². The molecule has 5 nitrogen and oxygen atoms in total. The maximum atomic E-state index is 12.0. The lowest BCUT2D eigenvalue weighted by atomic mass is 10.2. The Bertz CT molecular complexity index is 598. The summed E-state index contributed by atoms with van der Waals surface area (Å²) in [5.41, 5.74) is 7.13. The Kier molecular flexibility index (Phi) is 5.95. The predicted molar refractivity (Wildman–Crippen MR) is 86.7 cm³/mol. The van der Waals surface area contributed by atoms with Gasteiger partial charge in [0.25, 0.3) is 5.91 Å². The molecule has 2 rings (SSSR count). The third-order valence-corrected chi connectivity index (χ3v) is 3.91. The molecule has 0 aliphatic rings. The molecule has 0 saturated heterocycles. The van der Waals surface area contributed by atoms with E-state index in [1.807, 2.05) is 12.1 Å². The van der Waals surface area contributed by atoms with Crippen LogP contribution in [0.2, 0.25) is 0 Å². The number of nitrogens with one attached hydrogen (secondary N) is 1. The quantitative estimate of drug-likeness (QED) is 0.735. The van der Waals surface area contributed by atoms with Gasteiger partial charge in [-0.2, -0.15) is 0 Å². The first kappa shape index (κ1) is 15.7. The molecule has 0 spiro atoms. The number of hydrogen-bond acceptors (Lipinski definition) is 5. The van der Waals surface area contributed by atoms with Gasteiger partial charge in [-0.3, -0.25) is 4.79 Å². The zero-order valence-corrected chi connectivity index (χ0v) is 13.0. The Morgan fingerprint density at radius 2 is 2.19 bits per heavy atom. The fourth-order valence-corrected chi connectivity index (χ4v) is 2.68. The molecule has 0 unspecified atom stereocenters. The molecule has 0 bridgehead atoms. The first-order valence-corrected chi connectivity index (χ1v) is 8.04. The van der Waals surface area contributed by atoms with E-state index in [0.29, 0.717) is 23.8 Å². The monoisotopic (exact) mass is 307 g/mol. The Morgan fingerprint density at radius 3 is 3.00 bits per heavy atom. The highest BCUT2D eigenvalue weighted by atomic mass is 32.1. The number of nitrogens with zero attached hydrogens (tertiary/aromatic N) is 1. The Morgan fingerprint density at radius 1 is 1.38 bits per heavy atom. The smallest absolute Gasteiger partial charge is 0.251 e. The minimum Gasteiger partial charge on any atom is -0.381 e. The number of amides is 1. The summed E-state index contributed by atoms with van der Waals surface area (Å²) in [6, 6.07) is 5.43. The first-order valence-electron chi connectivity index (χ1n) is 7.22. The van der Waals surface area contributed by atoms with Gasteiger partial charge in [-0.15, -0.1) is 0 Å². The second kappa shape index (κ2) is 7.95. The number of nitrogen functional groups attached to an aromatic ring is 1. The van der Waals surface area contributed by atoms with E-state index in [-0.39, 0.29) is 5.91 Å². The molecule has 1 aromatic heterocycles. The van der Waals surface area contributed by atoms with Gasteiger partial charge in [-0.05, 0) is 31.0 Å². The second-order valence-corrected chi connectivity index (χ2v) is 5.87. The number of rotatable bonds is 8. The molecule has 6 heteroatoms. The third-order valence-electron chi connectivity index (χ3n) is 3.06. The summed E-state index contributed by atoms with van der Waals surface area (Å²) in [7, 11) is 0. The fourth-order valence-electron chi connectivity index (χ4n) is 1.91. The van der Waals surface area contributed by atoms with Crippen molar-refractivity contribution in [3.8, 4) is 0 Å². The number of aromatic nitrogens is 1. The lowest BCUT2D eigenvalue weighted by molar-refractivity contribution is 0.0940. The van der Waals surface area contributed by atoms with Crippen LogP contribution in [0.4, 0.5) is 5.13 Å². The van der Waals surface area contributed by atoms with Crippen molar-refractivity contribution in [1.82, 2.24) is 10.3 Å². The van der Waals surface area contributed by atoms with Gasteiger partial charge in [0.1, 0.15) is 0 Å². The summed E-state index contributed by atoms with van der Waals surface area (Å²) in [6.45, 7) is 4.24. The van der Waals surface area contributed by atoms with Gasteiger partial charge in [-0.1, -0.05) is 24.7 Å². The number of hydrogen-bond donors (Lipinski definition) is 2. The van der Waals surface area contributed by atoms with E-state index in [2.05, 4.69) is 17.2 Å². The van der Waals surface area contributed by atoms with Gasteiger partial charge in [-0.25, -0.2) is 4.98 Å². The van der Waals surface area contributed by atoms with Crippen molar-refractivity contribution < 1.29 is 9.53 Å². The van der Waals surface area contributed by atoms with E-state index in [9.17, 15) is 4.79 Å². The summed E-state index contributed by atoms with van der Waals surface area (Å²) >= 11 is 1.39. The Balaban J connectivity index is 1.76. The number of benzene rings is 1. The number of fused-ring (bicyclic) bond motifs is 1. The van der Waals surface area contributed by atoms with Gasteiger partial charge in [0.2, 0.25) is 0 Å². The standard InChI is InChI=1S/C15H21N3O2S/c1-2-3-8-20-9-4-7-17-14(19)11-5-6-12-13(10-11)21-15(16)18-12/h5-6,10H,2-4,7-9H2,1H3,(H2,16,18)(H,17,19). The summed E-state index contributed by atoms with van der Waals surface area (Å²) in [4.78, 5) is 16.2. The van der Waals surface area contributed by atoms with Crippen LogP contribution in [-0.2, 0) is 4.74 Å². The molecular weight excluding hydrogens is 286 g/mol. The lowest BCUT2D eigenvalue weighted by Crippen LogP contribution is -2.25. The molecule has 0 aliphatic carbocycles. The number of thiazole rings is 1. The number of nitrogens with two attached hydrogens (primary N) is 1. The van der Waals surface area contributed by atoms with Crippen molar-refractivity contribution in [3.63, 3.8) is 0 Å². The topological polar surface area (TPSA) is 77.2 Å². The minimum absolute atomic E-state index is 0.0718. The highest BCUT2D eigenvalue weighted by molar-refractivity contribution is 7.22. The predicted octanol–water partition coefficient (Wildman–Crippen LogP) is 2.82. The van der Waals surface area contributed by atoms with E-state index in [1.165, 1.54) is 11.3 Å². The zero-order chi connectivity index (χ0) is 15.1. The van der Waals surface area contributed by atoms with Crippen molar-refractivity contribution in [3.05, 3.63) is 23.8 Å². The van der Waals surface area contributed by atoms with Crippen molar-refractivity contribution in [2.75, 3.05) is 25.5 Å². The van der Waals surface area contributed by atoms with Gasteiger partial charge >= 0.3 is 0 Å². The van der Waals surface area contributed by atoms with Crippen molar-refractivity contribution in [2.24, 2.45) is 0 Å². The van der Waals surface area contributed by atoms with Gasteiger partial charge in [0, 0.05) is 25.3 Å². The van der Waals surface area contributed by atoms with Gasteiger partial charge < -0.3 is 15.8 Å². The molecule has 0 atom stereocenters. The molecule has 3 N–H and O–H groups in total. The highest BCUT2D eigenvalue weighted by Gasteiger charge is 2.08. The van der Waals surface area contributed by atoms with Crippen molar-refractivity contribution in [1.29, 1.82) is 0 Å². The van der Waals surface area contributed by atoms with Crippen molar-refractivity contribution >= 4 is 32.6 Å². The number of ether oxygens (including phenoxy) is 1. The number of carbonyl (C=O) groups excluding carboxylic acids is 1. The van der Waals surface area contributed by atoms with Crippen LogP contribution >= 0.6 is 11.3 Å². The molecule has 114 valence electrons. The van der Waals surface area contributed by atoms with E-state index in [0.717, 1.165) is 36.1 Å². The minimum atomic E-state index is -0.0718. The van der Waals surface area contributed by atoms with Crippen LogP contribution in [0.15, 0.2) is 18.2 Å². The number of unbranched alkanes of at least 4 members (excludes halogenated alkanes) is 1. The number of carbonyl (C=O) groups is 1. The molecule has 2 aromatic rings. The summed E-state index contributed by atoms with van der Waals surface area (Å²) < 4.78 is 6.38. The molecule has 21 heavy (non-hydrogen) atoms. The number of anilines is 1. The second-order valence-electron chi connectivity index (χ2n) is 4.81. The molecule has 0 saturated carbocycles.